The number of rotatable bonds is 4. The van der Waals surface area contributed by atoms with Crippen LogP contribution in [0.5, 0.6) is 0 Å². The maximum atomic E-state index is 12.9. The summed E-state index contributed by atoms with van der Waals surface area (Å²) in [6.45, 7) is 1.11. The van der Waals surface area contributed by atoms with Gasteiger partial charge in [-0.2, -0.15) is 4.31 Å². The number of sulfonamides is 1. The molecular weight excluding hydrogens is 386 g/mol. The van der Waals surface area contributed by atoms with Crippen LogP contribution >= 0.6 is 0 Å². The van der Waals surface area contributed by atoms with Crippen LogP contribution in [0.25, 0.3) is 0 Å². The van der Waals surface area contributed by atoms with Crippen LogP contribution in [0.3, 0.4) is 0 Å². The summed E-state index contributed by atoms with van der Waals surface area (Å²) in [6.07, 6.45) is 8.20. The molecule has 0 radical (unpaired) electrons. The normalized spacial score (nSPS) is 20.7. The minimum atomic E-state index is -3.54. The smallest absolute Gasteiger partial charge is 0.268 e. The van der Waals surface area contributed by atoms with Crippen molar-refractivity contribution in [3.8, 4) is 0 Å². The zero-order valence-corrected chi connectivity index (χ0v) is 17.7. The second kappa shape index (κ2) is 8.32. The number of nitrogens with one attached hydrogen (secondary N) is 1. The second-order valence-electron chi connectivity index (χ2n) is 8.17. The molecule has 29 heavy (non-hydrogen) atoms. The van der Waals surface area contributed by atoms with E-state index in [1.54, 1.807) is 17.8 Å². The van der Waals surface area contributed by atoms with E-state index in [2.05, 4.69) is 23.5 Å². The number of carbonyl (C=O) groups is 1. The van der Waals surface area contributed by atoms with Crippen LogP contribution in [0.1, 0.15) is 53.7 Å². The van der Waals surface area contributed by atoms with Gasteiger partial charge in [0.05, 0.1) is 0 Å². The summed E-state index contributed by atoms with van der Waals surface area (Å²) in [5.41, 5.74) is 3.03. The molecule has 1 N–H and O–H groups in total. The van der Waals surface area contributed by atoms with Gasteiger partial charge >= 0.3 is 0 Å². The van der Waals surface area contributed by atoms with Crippen molar-refractivity contribution in [1.82, 2.24) is 14.2 Å². The van der Waals surface area contributed by atoms with Crippen LogP contribution in [0, 0.1) is 0 Å². The fourth-order valence-electron chi connectivity index (χ4n) is 4.44. The molecule has 156 valence electrons. The molecule has 1 aliphatic carbocycles. The number of carbonyl (C=O) groups excluding carboxylic acids is 1. The van der Waals surface area contributed by atoms with E-state index in [-0.39, 0.29) is 16.8 Å². The quantitative estimate of drug-likeness (QED) is 0.781. The lowest BCUT2D eigenvalue weighted by Crippen LogP contribution is -2.37. The Kier molecular flexibility index (Phi) is 5.79. The summed E-state index contributed by atoms with van der Waals surface area (Å²) < 4.78 is 29.0. The molecule has 1 aromatic carbocycles. The van der Waals surface area contributed by atoms with Crippen LogP contribution < -0.4 is 5.32 Å². The van der Waals surface area contributed by atoms with Crippen molar-refractivity contribution in [3.05, 3.63) is 53.3 Å². The van der Waals surface area contributed by atoms with Gasteiger partial charge in [0.25, 0.3) is 5.91 Å². The molecule has 2 aromatic rings. The minimum Gasteiger partial charge on any atom is -0.348 e. The monoisotopic (exact) mass is 415 g/mol. The summed E-state index contributed by atoms with van der Waals surface area (Å²) in [5.74, 6) is -0.211. The Morgan fingerprint density at radius 1 is 1.07 bits per heavy atom. The summed E-state index contributed by atoms with van der Waals surface area (Å²) in [4.78, 5) is 13.1. The van der Waals surface area contributed by atoms with Crippen molar-refractivity contribution in [2.75, 3.05) is 13.1 Å². The molecule has 7 heteroatoms. The van der Waals surface area contributed by atoms with Gasteiger partial charge in [0, 0.05) is 32.4 Å². The molecule has 4 rings (SSSR count). The van der Waals surface area contributed by atoms with Gasteiger partial charge in [0.1, 0.15) is 10.6 Å². The summed E-state index contributed by atoms with van der Waals surface area (Å²) in [5, 5.41) is 3.13. The number of hydrogen-bond donors (Lipinski definition) is 1. The van der Waals surface area contributed by atoms with Gasteiger partial charge in [-0.3, -0.25) is 4.79 Å². The van der Waals surface area contributed by atoms with E-state index in [0.29, 0.717) is 18.8 Å². The third-order valence-corrected chi connectivity index (χ3v) is 7.95. The predicted molar refractivity (Wildman–Crippen MR) is 112 cm³/mol. The van der Waals surface area contributed by atoms with Gasteiger partial charge in [-0.25, -0.2) is 8.42 Å². The first-order valence-electron chi connectivity index (χ1n) is 10.5. The number of piperidine rings is 1. The Morgan fingerprint density at radius 2 is 1.79 bits per heavy atom. The van der Waals surface area contributed by atoms with E-state index in [4.69, 9.17) is 0 Å². The highest BCUT2D eigenvalue weighted by Crippen LogP contribution is 2.24. The molecule has 1 atom stereocenters. The number of nitrogens with zero attached hydrogens (tertiary/aromatic N) is 2. The third kappa shape index (κ3) is 4.26. The van der Waals surface area contributed by atoms with Crippen LogP contribution in [0.4, 0.5) is 0 Å². The van der Waals surface area contributed by atoms with Crippen LogP contribution in [0.15, 0.2) is 41.4 Å². The summed E-state index contributed by atoms with van der Waals surface area (Å²) in [7, 11) is -1.81. The molecule has 1 amide bonds. The lowest BCUT2D eigenvalue weighted by atomic mass is 10.0. The maximum absolute atomic E-state index is 12.9. The van der Waals surface area contributed by atoms with Crippen molar-refractivity contribution in [2.24, 2.45) is 7.05 Å². The average molecular weight is 416 g/mol. The van der Waals surface area contributed by atoms with Gasteiger partial charge in [-0.1, -0.05) is 30.7 Å². The third-order valence-electron chi connectivity index (χ3n) is 6.08. The number of aryl methyl sites for hydroxylation is 2. The lowest BCUT2D eigenvalue weighted by Gasteiger charge is -2.25. The minimum absolute atomic E-state index is 0.0585. The first-order valence-corrected chi connectivity index (χ1v) is 11.9. The molecule has 0 bridgehead atoms. The number of amides is 1. The maximum Gasteiger partial charge on any atom is 0.268 e. The first-order chi connectivity index (χ1) is 13.9. The Morgan fingerprint density at radius 3 is 2.55 bits per heavy atom. The van der Waals surface area contributed by atoms with E-state index < -0.39 is 10.0 Å². The number of aromatic nitrogens is 1. The molecule has 1 unspecified atom stereocenters. The molecule has 2 aliphatic rings. The van der Waals surface area contributed by atoms with E-state index in [0.717, 1.165) is 44.9 Å². The van der Waals surface area contributed by atoms with Crippen molar-refractivity contribution in [2.45, 2.75) is 55.9 Å². The highest BCUT2D eigenvalue weighted by Gasteiger charge is 2.29. The molecule has 0 saturated carbocycles. The molecular formula is C22H29N3O3S. The second-order valence-corrected chi connectivity index (χ2v) is 10.1. The van der Waals surface area contributed by atoms with E-state index in [1.807, 2.05) is 6.07 Å². The molecule has 1 aliphatic heterocycles. The van der Waals surface area contributed by atoms with Crippen molar-refractivity contribution in [3.63, 3.8) is 0 Å². The summed E-state index contributed by atoms with van der Waals surface area (Å²) in [6, 6.07) is 9.97. The fraction of sp³-hybridized carbons (Fsp3) is 0.500. The summed E-state index contributed by atoms with van der Waals surface area (Å²) >= 11 is 0. The van der Waals surface area contributed by atoms with Crippen molar-refractivity contribution < 1.29 is 13.2 Å². The molecule has 0 spiro atoms. The van der Waals surface area contributed by atoms with Crippen LogP contribution in [-0.2, 0) is 29.9 Å². The van der Waals surface area contributed by atoms with E-state index in [1.165, 1.54) is 21.5 Å². The largest absolute Gasteiger partial charge is 0.348 e. The van der Waals surface area contributed by atoms with Gasteiger partial charge in [-0.15, -0.1) is 0 Å². The Labute approximate surface area is 173 Å². The van der Waals surface area contributed by atoms with Crippen LogP contribution in [0.2, 0.25) is 0 Å². The van der Waals surface area contributed by atoms with Crippen molar-refractivity contribution in [1.29, 1.82) is 0 Å². The molecule has 2 heterocycles. The van der Waals surface area contributed by atoms with E-state index in [9.17, 15) is 13.2 Å². The molecule has 1 aromatic heterocycles. The molecule has 6 nitrogen and oxygen atoms in total. The SMILES string of the molecule is Cn1cc(S(=O)(=O)N2CCCCC2)cc1C(=O)NC1CCCc2ccccc2C1. The van der Waals surface area contributed by atoms with Gasteiger partial charge < -0.3 is 9.88 Å². The fourth-order valence-corrected chi connectivity index (χ4v) is 6.03. The van der Waals surface area contributed by atoms with Gasteiger partial charge in [0.15, 0.2) is 0 Å². The Balaban J connectivity index is 1.50. The Hall–Kier alpha value is -2.12. The standard InChI is InChI=1S/C22H29N3O3S/c1-24-16-20(29(27,28)25-12-5-2-6-13-25)15-21(24)22(26)23-19-11-7-10-17-8-3-4-9-18(17)14-19/h3-4,8-9,15-16,19H,2,5-7,10-14H2,1H3,(H,23,26). The van der Waals surface area contributed by atoms with Gasteiger partial charge in [-0.05, 0) is 55.7 Å². The average Bonchev–Trinajstić information content (AvgIpc) is 3.00. The first kappa shape index (κ1) is 20.2. The van der Waals surface area contributed by atoms with E-state index >= 15 is 0 Å². The highest BCUT2D eigenvalue weighted by molar-refractivity contribution is 7.89. The van der Waals surface area contributed by atoms with Crippen molar-refractivity contribution >= 4 is 15.9 Å². The predicted octanol–water partition coefficient (Wildman–Crippen LogP) is 2.88. The number of benzene rings is 1. The molecule has 1 fully saturated rings. The highest BCUT2D eigenvalue weighted by atomic mass is 32.2. The lowest BCUT2D eigenvalue weighted by molar-refractivity contribution is 0.0926. The van der Waals surface area contributed by atoms with Gasteiger partial charge in [0.2, 0.25) is 10.0 Å². The molecule has 1 saturated heterocycles. The number of hydrogen-bond acceptors (Lipinski definition) is 3. The zero-order valence-electron chi connectivity index (χ0n) is 16.9. The zero-order chi connectivity index (χ0) is 20.4. The number of fused-ring (bicyclic) bond motifs is 1. The Bertz CT molecular complexity index is 990. The van der Waals surface area contributed by atoms with Crippen LogP contribution in [-0.4, -0.2) is 42.3 Å². The topological polar surface area (TPSA) is 71.4 Å².